The quantitative estimate of drug-likeness (QED) is 0.639. The average Bonchev–Trinajstić information content (AvgIpc) is 2.65. The van der Waals surface area contributed by atoms with Gasteiger partial charge >= 0.3 is 6.03 Å². The van der Waals surface area contributed by atoms with Crippen LogP contribution in [0.2, 0.25) is 5.02 Å². The number of amides is 2. The van der Waals surface area contributed by atoms with Crippen LogP contribution in [0.4, 0.5) is 16.2 Å². The van der Waals surface area contributed by atoms with Gasteiger partial charge in [-0.25, -0.2) is 13.2 Å². The van der Waals surface area contributed by atoms with Crippen molar-refractivity contribution in [2.75, 3.05) is 29.5 Å². The van der Waals surface area contributed by atoms with Gasteiger partial charge in [0, 0.05) is 39.9 Å². The first-order valence-corrected chi connectivity index (χ1v) is 12.4. The van der Waals surface area contributed by atoms with Crippen molar-refractivity contribution in [2.45, 2.75) is 4.90 Å². The SMILES string of the molecule is NC(=O)N(c1ccccc1Br)c1ccc(Cl)c(S(=O)(=O)N2CCS(=O)CC2)c1O. The summed E-state index contributed by atoms with van der Waals surface area (Å²) >= 11 is 9.44. The zero-order chi connectivity index (χ0) is 21.3. The van der Waals surface area contributed by atoms with Crippen LogP contribution >= 0.6 is 27.5 Å². The summed E-state index contributed by atoms with van der Waals surface area (Å²) in [6, 6.07) is 8.30. The van der Waals surface area contributed by atoms with E-state index < -0.39 is 37.5 Å². The number of nitrogens with zero attached hydrogens (tertiary/aromatic N) is 2. The molecule has 8 nitrogen and oxygen atoms in total. The Hall–Kier alpha value is -1.66. The smallest absolute Gasteiger partial charge is 0.324 e. The lowest BCUT2D eigenvalue weighted by Crippen LogP contribution is -2.42. The minimum absolute atomic E-state index is 0.0404. The van der Waals surface area contributed by atoms with Crippen LogP contribution in [0.5, 0.6) is 5.75 Å². The standard InChI is InChI=1S/C17H17BrClN3O5S2/c18-11-3-1-2-4-13(11)22(17(20)24)14-6-5-12(19)16(15(14)23)29(26,27)21-7-9-28(25)10-8-21/h1-6,23H,7-10H2,(H2,20,24). The lowest BCUT2D eigenvalue weighted by Gasteiger charge is -2.28. The van der Waals surface area contributed by atoms with E-state index in [1.807, 2.05) is 0 Å². The number of carbonyl (C=O) groups excluding carboxylic acids is 1. The van der Waals surface area contributed by atoms with Gasteiger partial charge in [0.15, 0.2) is 5.75 Å². The molecule has 1 heterocycles. The number of hydrogen-bond acceptors (Lipinski definition) is 5. The van der Waals surface area contributed by atoms with Gasteiger partial charge in [0.2, 0.25) is 10.0 Å². The fraction of sp³-hybridized carbons (Fsp3) is 0.235. The molecule has 156 valence electrons. The average molecular weight is 523 g/mol. The van der Waals surface area contributed by atoms with Crippen LogP contribution in [0, 0.1) is 0 Å². The van der Waals surface area contributed by atoms with Crippen molar-refractivity contribution in [3.63, 3.8) is 0 Å². The zero-order valence-corrected chi connectivity index (χ0v) is 18.9. The van der Waals surface area contributed by atoms with E-state index in [0.29, 0.717) is 10.2 Å². The highest BCUT2D eigenvalue weighted by Crippen LogP contribution is 2.43. The number of hydrogen-bond donors (Lipinski definition) is 2. The molecule has 1 aliphatic heterocycles. The molecule has 2 amide bonds. The number of carbonyl (C=O) groups is 1. The Kier molecular flexibility index (Phi) is 6.54. The van der Waals surface area contributed by atoms with Crippen molar-refractivity contribution in [3.05, 3.63) is 45.9 Å². The van der Waals surface area contributed by atoms with Crippen LogP contribution in [-0.4, -0.2) is 52.7 Å². The number of sulfonamides is 1. The summed E-state index contributed by atoms with van der Waals surface area (Å²) < 4.78 is 39.4. The van der Waals surface area contributed by atoms with Gasteiger partial charge in [-0.2, -0.15) is 4.31 Å². The molecule has 3 rings (SSSR count). The molecule has 0 aromatic heterocycles. The Morgan fingerprint density at radius 3 is 2.38 bits per heavy atom. The van der Waals surface area contributed by atoms with Crippen LogP contribution < -0.4 is 10.6 Å². The molecule has 3 N–H and O–H groups in total. The minimum atomic E-state index is -4.19. The highest BCUT2D eigenvalue weighted by Gasteiger charge is 2.35. The van der Waals surface area contributed by atoms with Gasteiger partial charge in [-0.3, -0.25) is 9.11 Å². The van der Waals surface area contributed by atoms with E-state index in [-0.39, 0.29) is 35.3 Å². The van der Waals surface area contributed by atoms with Crippen LogP contribution in [0.3, 0.4) is 0 Å². The third kappa shape index (κ3) is 4.29. The highest BCUT2D eigenvalue weighted by atomic mass is 79.9. The first-order chi connectivity index (χ1) is 13.6. The number of nitrogens with two attached hydrogens (primary N) is 1. The Morgan fingerprint density at radius 1 is 1.17 bits per heavy atom. The second-order valence-electron chi connectivity index (χ2n) is 6.12. The molecule has 1 aliphatic rings. The van der Waals surface area contributed by atoms with Crippen molar-refractivity contribution >= 4 is 65.8 Å². The third-order valence-corrected chi connectivity index (χ3v) is 8.70. The number of phenolic OH excluding ortho intramolecular Hbond substituents is 1. The molecular weight excluding hydrogens is 506 g/mol. The fourth-order valence-electron chi connectivity index (χ4n) is 2.95. The normalized spacial score (nSPS) is 15.9. The largest absolute Gasteiger partial charge is 0.504 e. The monoisotopic (exact) mass is 521 g/mol. The number of rotatable bonds is 4. The van der Waals surface area contributed by atoms with E-state index in [0.717, 1.165) is 9.21 Å². The number of aromatic hydroxyl groups is 1. The molecule has 0 radical (unpaired) electrons. The Morgan fingerprint density at radius 2 is 1.79 bits per heavy atom. The summed E-state index contributed by atoms with van der Waals surface area (Å²) in [4.78, 5) is 12.6. The molecular formula is C17H17BrClN3O5S2. The molecule has 0 spiro atoms. The molecule has 0 bridgehead atoms. The number of phenols is 1. The number of halogens is 2. The van der Waals surface area contributed by atoms with Gasteiger partial charge in [-0.15, -0.1) is 0 Å². The van der Waals surface area contributed by atoms with E-state index in [2.05, 4.69) is 15.9 Å². The van der Waals surface area contributed by atoms with Gasteiger partial charge < -0.3 is 10.8 Å². The second kappa shape index (κ2) is 8.60. The summed E-state index contributed by atoms with van der Waals surface area (Å²) in [5.41, 5.74) is 5.70. The topological polar surface area (TPSA) is 121 Å². The maximum Gasteiger partial charge on any atom is 0.324 e. The van der Waals surface area contributed by atoms with Crippen LogP contribution in [0.1, 0.15) is 0 Å². The molecule has 29 heavy (non-hydrogen) atoms. The van der Waals surface area contributed by atoms with Crippen molar-refractivity contribution in [1.29, 1.82) is 0 Å². The summed E-state index contributed by atoms with van der Waals surface area (Å²) in [6.45, 7) is 0.0808. The predicted molar refractivity (Wildman–Crippen MR) is 116 cm³/mol. The fourth-order valence-corrected chi connectivity index (χ4v) is 6.73. The summed E-state index contributed by atoms with van der Waals surface area (Å²) in [5.74, 6) is -0.303. The zero-order valence-electron chi connectivity index (χ0n) is 14.9. The maximum absolute atomic E-state index is 13.1. The van der Waals surface area contributed by atoms with Crippen molar-refractivity contribution in [2.24, 2.45) is 5.73 Å². The lowest BCUT2D eigenvalue weighted by molar-refractivity contribution is 0.256. The number of primary amides is 1. The Labute approximate surface area is 183 Å². The Balaban J connectivity index is 2.15. The van der Waals surface area contributed by atoms with Crippen molar-refractivity contribution in [3.8, 4) is 5.75 Å². The predicted octanol–water partition coefficient (Wildman–Crippen LogP) is 2.78. The number of para-hydroxylation sites is 1. The van der Waals surface area contributed by atoms with Gasteiger partial charge in [-0.1, -0.05) is 23.7 Å². The summed E-state index contributed by atoms with van der Waals surface area (Å²) in [7, 11) is -5.28. The van der Waals surface area contributed by atoms with Gasteiger partial charge in [0.25, 0.3) is 0 Å². The summed E-state index contributed by atoms with van der Waals surface area (Å²) in [6.07, 6.45) is 0. The van der Waals surface area contributed by atoms with Crippen molar-refractivity contribution in [1.82, 2.24) is 4.31 Å². The van der Waals surface area contributed by atoms with Crippen molar-refractivity contribution < 1.29 is 22.5 Å². The summed E-state index contributed by atoms with van der Waals surface area (Å²) in [5, 5.41) is 10.6. The van der Waals surface area contributed by atoms with E-state index in [9.17, 15) is 22.5 Å². The van der Waals surface area contributed by atoms with Gasteiger partial charge in [0.1, 0.15) is 4.90 Å². The molecule has 2 aromatic carbocycles. The second-order valence-corrected chi connectivity index (χ2v) is 11.0. The molecule has 0 saturated carbocycles. The number of benzene rings is 2. The molecule has 0 aliphatic carbocycles. The van der Waals surface area contributed by atoms with E-state index >= 15 is 0 Å². The maximum atomic E-state index is 13.1. The number of urea groups is 1. The third-order valence-electron chi connectivity index (χ3n) is 4.35. The number of anilines is 2. The van der Waals surface area contributed by atoms with Crippen LogP contribution in [0.25, 0.3) is 0 Å². The van der Waals surface area contributed by atoms with E-state index in [1.54, 1.807) is 24.3 Å². The molecule has 1 saturated heterocycles. The van der Waals surface area contributed by atoms with E-state index in [4.69, 9.17) is 17.3 Å². The Bertz CT molecular complexity index is 1090. The molecule has 1 fully saturated rings. The minimum Gasteiger partial charge on any atom is -0.504 e. The van der Waals surface area contributed by atoms with Gasteiger partial charge in [-0.05, 0) is 40.2 Å². The highest BCUT2D eigenvalue weighted by molar-refractivity contribution is 9.10. The van der Waals surface area contributed by atoms with Crippen LogP contribution in [-0.2, 0) is 20.8 Å². The molecule has 12 heteroatoms. The first-order valence-electron chi connectivity index (χ1n) is 8.35. The van der Waals surface area contributed by atoms with E-state index in [1.165, 1.54) is 12.1 Å². The molecule has 0 unspecified atom stereocenters. The van der Waals surface area contributed by atoms with Gasteiger partial charge in [0.05, 0.1) is 16.4 Å². The lowest BCUT2D eigenvalue weighted by atomic mass is 10.2. The first kappa shape index (κ1) is 22.0. The molecule has 2 aromatic rings. The molecule has 0 atom stereocenters. The van der Waals surface area contributed by atoms with Crippen LogP contribution in [0.15, 0.2) is 45.8 Å².